The van der Waals surface area contributed by atoms with Crippen molar-refractivity contribution in [2.45, 2.75) is 12.8 Å². The molecular formula is C11H14ClN5O2. The SMILES string of the molecule is NC(=O)c1cc(Cl)nnc1NCC(=O)NCC1CC1. The first kappa shape index (κ1) is 13.5. The lowest BCUT2D eigenvalue weighted by Gasteiger charge is -2.08. The molecule has 1 aromatic rings. The molecule has 4 N–H and O–H groups in total. The lowest BCUT2D eigenvalue weighted by atomic mass is 10.2. The molecule has 0 saturated heterocycles. The summed E-state index contributed by atoms with van der Waals surface area (Å²) in [6.45, 7) is 0.693. The van der Waals surface area contributed by atoms with E-state index >= 15 is 0 Å². The van der Waals surface area contributed by atoms with Crippen molar-refractivity contribution in [3.8, 4) is 0 Å². The van der Waals surface area contributed by atoms with Crippen LogP contribution in [0.25, 0.3) is 0 Å². The standard InChI is InChI=1S/C11H14ClN5O2/c12-8-3-7(10(13)19)11(17-16-8)15-5-9(18)14-4-6-1-2-6/h3,6H,1-2,4-5H2,(H2,13,19)(H,14,18)(H,15,17). The summed E-state index contributed by atoms with van der Waals surface area (Å²) in [5.74, 6) is -0.0873. The Morgan fingerprint density at radius 1 is 1.42 bits per heavy atom. The van der Waals surface area contributed by atoms with Gasteiger partial charge in [-0.1, -0.05) is 11.6 Å². The minimum Gasteiger partial charge on any atom is -0.365 e. The summed E-state index contributed by atoms with van der Waals surface area (Å²) < 4.78 is 0. The molecule has 1 fully saturated rings. The fourth-order valence-corrected chi connectivity index (χ4v) is 1.64. The monoisotopic (exact) mass is 283 g/mol. The first-order valence-corrected chi connectivity index (χ1v) is 6.27. The maximum atomic E-state index is 11.5. The minimum atomic E-state index is -0.683. The number of rotatable bonds is 6. The van der Waals surface area contributed by atoms with Gasteiger partial charge in [-0.2, -0.15) is 0 Å². The molecule has 0 spiro atoms. The minimum absolute atomic E-state index is 0.00329. The summed E-state index contributed by atoms with van der Waals surface area (Å²) in [5, 5.41) is 12.9. The Bertz CT molecular complexity index is 504. The van der Waals surface area contributed by atoms with Crippen LogP contribution in [0.2, 0.25) is 5.15 Å². The highest BCUT2D eigenvalue weighted by atomic mass is 35.5. The quantitative estimate of drug-likeness (QED) is 0.689. The number of carbonyl (C=O) groups is 2. The number of aromatic nitrogens is 2. The molecule has 1 saturated carbocycles. The van der Waals surface area contributed by atoms with Crippen molar-refractivity contribution < 1.29 is 9.59 Å². The number of primary amides is 1. The number of halogens is 1. The normalized spacial score (nSPS) is 13.9. The Morgan fingerprint density at radius 2 is 2.16 bits per heavy atom. The Balaban J connectivity index is 1.90. The van der Waals surface area contributed by atoms with Crippen LogP contribution in [0.5, 0.6) is 0 Å². The third kappa shape index (κ3) is 4.06. The summed E-state index contributed by atoms with van der Waals surface area (Å²) in [6.07, 6.45) is 2.34. The molecule has 2 rings (SSSR count). The highest BCUT2D eigenvalue weighted by molar-refractivity contribution is 6.29. The Morgan fingerprint density at radius 3 is 2.79 bits per heavy atom. The van der Waals surface area contributed by atoms with E-state index in [1.54, 1.807) is 0 Å². The van der Waals surface area contributed by atoms with Crippen LogP contribution in [0, 0.1) is 5.92 Å². The average molecular weight is 284 g/mol. The number of carbonyl (C=O) groups excluding carboxylic acids is 2. The number of nitrogens with two attached hydrogens (primary N) is 1. The van der Waals surface area contributed by atoms with Crippen LogP contribution in [0.4, 0.5) is 5.82 Å². The smallest absolute Gasteiger partial charge is 0.252 e. The van der Waals surface area contributed by atoms with Crippen molar-refractivity contribution in [1.29, 1.82) is 0 Å². The van der Waals surface area contributed by atoms with E-state index in [1.807, 2.05) is 0 Å². The predicted molar refractivity (Wildman–Crippen MR) is 69.8 cm³/mol. The zero-order valence-electron chi connectivity index (χ0n) is 10.1. The Kier molecular flexibility index (Phi) is 4.16. The molecule has 7 nitrogen and oxygen atoms in total. The summed E-state index contributed by atoms with van der Waals surface area (Å²) in [4.78, 5) is 22.7. The van der Waals surface area contributed by atoms with E-state index in [2.05, 4.69) is 20.8 Å². The molecule has 0 unspecified atom stereocenters. The fraction of sp³-hybridized carbons (Fsp3) is 0.455. The summed E-state index contributed by atoms with van der Waals surface area (Å²) in [5.41, 5.74) is 5.30. The van der Waals surface area contributed by atoms with Crippen LogP contribution in [0.15, 0.2) is 6.07 Å². The van der Waals surface area contributed by atoms with Crippen molar-refractivity contribution in [2.24, 2.45) is 11.7 Å². The summed E-state index contributed by atoms with van der Waals surface area (Å²) in [6, 6.07) is 1.31. The van der Waals surface area contributed by atoms with Crippen molar-refractivity contribution >= 4 is 29.2 Å². The first-order valence-electron chi connectivity index (χ1n) is 5.90. The molecule has 0 aliphatic heterocycles. The zero-order valence-corrected chi connectivity index (χ0v) is 10.9. The number of nitrogens with one attached hydrogen (secondary N) is 2. The van der Waals surface area contributed by atoms with E-state index in [4.69, 9.17) is 17.3 Å². The summed E-state index contributed by atoms with van der Waals surface area (Å²) in [7, 11) is 0. The number of hydrogen-bond acceptors (Lipinski definition) is 5. The second kappa shape index (κ2) is 5.83. The molecule has 1 heterocycles. The van der Waals surface area contributed by atoms with Crippen molar-refractivity contribution in [1.82, 2.24) is 15.5 Å². The topological polar surface area (TPSA) is 110 Å². The third-order valence-corrected chi connectivity index (χ3v) is 2.92. The van der Waals surface area contributed by atoms with Gasteiger partial charge in [-0.05, 0) is 24.8 Å². The molecule has 1 aromatic heterocycles. The van der Waals surface area contributed by atoms with E-state index in [0.717, 1.165) is 0 Å². The Labute approximate surface area is 114 Å². The summed E-state index contributed by atoms with van der Waals surface area (Å²) >= 11 is 5.63. The van der Waals surface area contributed by atoms with Gasteiger partial charge in [0.05, 0.1) is 12.1 Å². The maximum Gasteiger partial charge on any atom is 0.252 e. The number of anilines is 1. The first-order chi connectivity index (χ1) is 9.06. The highest BCUT2D eigenvalue weighted by Gasteiger charge is 2.21. The van der Waals surface area contributed by atoms with Gasteiger partial charge in [0.25, 0.3) is 5.91 Å². The van der Waals surface area contributed by atoms with Crippen molar-refractivity contribution in [2.75, 3.05) is 18.4 Å². The van der Waals surface area contributed by atoms with Crippen LogP contribution in [-0.2, 0) is 4.79 Å². The lowest BCUT2D eigenvalue weighted by molar-refractivity contribution is -0.119. The fourth-order valence-electron chi connectivity index (χ4n) is 1.49. The third-order valence-electron chi connectivity index (χ3n) is 2.73. The second-order valence-electron chi connectivity index (χ2n) is 4.39. The van der Waals surface area contributed by atoms with Crippen LogP contribution in [0.1, 0.15) is 23.2 Å². The van der Waals surface area contributed by atoms with Gasteiger partial charge in [0.15, 0.2) is 11.0 Å². The van der Waals surface area contributed by atoms with Gasteiger partial charge in [0.1, 0.15) is 0 Å². The zero-order chi connectivity index (χ0) is 13.8. The highest BCUT2D eigenvalue weighted by Crippen LogP contribution is 2.27. The molecular weight excluding hydrogens is 270 g/mol. The average Bonchev–Trinajstić information content (AvgIpc) is 3.18. The van der Waals surface area contributed by atoms with Crippen LogP contribution >= 0.6 is 11.6 Å². The number of nitrogens with zero attached hydrogens (tertiary/aromatic N) is 2. The number of hydrogen-bond donors (Lipinski definition) is 3. The van der Waals surface area contributed by atoms with Gasteiger partial charge in [0.2, 0.25) is 5.91 Å². The van der Waals surface area contributed by atoms with Gasteiger partial charge in [0, 0.05) is 6.54 Å². The molecule has 0 bridgehead atoms. The lowest BCUT2D eigenvalue weighted by Crippen LogP contribution is -2.32. The van der Waals surface area contributed by atoms with E-state index in [1.165, 1.54) is 18.9 Å². The largest absolute Gasteiger partial charge is 0.365 e. The van der Waals surface area contributed by atoms with Gasteiger partial charge >= 0.3 is 0 Å². The molecule has 0 aromatic carbocycles. The van der Waals surface area contributed by atoms with Crippen molar-refractivity contribution in [3.63, 3.8) is 0 Å². The van der Waals surface area contributed by atoms with Crippen LogP contribution in [-0.4, -0.2) is 35.1 Å². The number of amides is 2. The van der Waals surface area contributed by atoms with Gasteiger partial charge < -0.3 is 16.4 Å². The molecule has 0 radical (unpaired) electrons. The molecule has 2 amide bonds. The molecule has 1 aliphatic carbocycles. The molecule has 0 atom stereocenters. The second-order valence-corrected chi connectivity index (χ2v) is 4.78. The molecule has 8 heteroatoms. The van der Waals surface area contributed by atoms with E-state index in [-0.39, 0.29) is 29.0 Å². The predicted octanol–water partition coefficient (Wildman–Crippen LogP) is 0.167. The maximum absolute atomic E-state index is 11.5. The van der Waals surface area contributed by atoms with Gasteiger partial charge in [-0.15, -0.1) is 10.2 Å². The van der Waals surface area contributed by atoms with E-state index in [9.17, 15) is 9.59 Å². The van der Waals surface area contributed by atoms with Gasteiger partial charge in [-0.25, -0.2) is 0 Å². The molecule has 19 heavy (non-hydrogen) atoms. The van der Waals surface area contributed by atoms with Gasteiger partial charge in [-0.3, -0.25) is 9.59 Å². The molecule has 102 valence electrons. The molecule has 1 aliphatic rings. The van der Waals surface area contributed by atoms with Crippen LogP contribution < -0.4 is 16.4 Å². The van der Waals surface area contributed by atoms with E-state index < -0.39 is 5.91 Å². The Hall–Kier alpha value is -1.89. The van der Waals surface area contributed by atoms with E-state index in [0.29, 0.717) is 12.5 Å². The van der Waals surface area contributed by atoms with Crippen LogP contribution in [0.3, 0.4) is 0 Å². The van der Waals surface area contributed by atoms with Crippen molar-refractivity contribution in [3.05, 3.63) is 16.8 Å².